The minimum Gasteiger partial charge on any atom is -0.347 e. The van der Waals surface area contributed by atoms with Crippen LogP contribution in [0, 0.1) is 21.4 Å². The zero-order valence-corrected chi connectivity index (χ0v) is 12.1. The molecule has 2 rings (SSSR count). The summed E-state index contributed by atoms with van der Waals surface area (Å²) < 4.78 is 0. The van der Waals surface area contributed by atoms with Crippen LogP contribution in [0.3, 0.4) is 0 Å². The average molecular weight is 307 g/mol. The second kappa shape index (κ2) is 7.52. The van der Waals surface area contributed by atoms with Gasteiger partial charge in [-0.2, -0.15) is 5.26 Å². The molecule has 0 spiro atoms. The maximum Gasteiger partial charge on any atom is 0.270 e. The molecule has 6 heteroatoms. The van der Waals surface area contributed by atoms with Gasteiger partial charge in [0, 0.05) is 18.7 Å². The number of hydrogen-bond donors (Lipinski definition) is 1. The van der Waals surface area contributed by atoms with Crippen LogP contribution in [-0.4, -0.2) is 10.8 Å². The Morgan fingerprint density at radius 1 is 1.22 bits per heavy atom. The summed E-state index contributed by atoms with van der Waals surface area (Å²) in [6.07, 6.45) is 1.33. The highest BCUT2D eigenvalue weighted by Crippen LogP contribution is 2.15. The average Bonchev–Trinajstić information content (AvgIpc) is 2.58. The molecule has 23 heavy (non-hydrogen) atoms. The molecule has 6 nitrogen and oxygen atoms in total. The van der Waals surface area contributed by atoms with Gasteiger partial charge in [-0.15, -0.1) is 0 Å². The third kappa shape index (κ3) is 4.51. The van der Waals surface area contributed by atoms with Crippen molar-refractivity contribution < 1.29 is 9.72 Å². The van der Waals surface area contributed by atoms with Gasteiger partial charge in [0.05, 0.1) is 4.92 Å². The normalized spacial score (nSPS) is 10.7. The molecule has 0 saturated carbocycles. The quantitative estimate of drug-likeness (QED) is 0.397. The van der Waals surface area contributed by atoms with Crippen LogP contribution >= 0.6 is 0 Å². The number of nitro benzene ring substituents is 1. The fourth-order valence-corrected chi connectivity index (χ4v) is 1.92. The fourth-order valence-electron chi connectivity index (χ4n) is 1.92. The van der Waals surface area contributed by atoms with Gasteiger partial charge in [0.2, 0.25) is 0 Å². The molecule has 0 fully saturated rings. The zero-order chi connectivity index (χ0) is 16.7. The first kappa shape index (κ1) is 15.9. The molecule has 0 unspecified atom stereocenters. The molecule has 0 bridgehead atoms. The zero-order valence-electron chi connectivity index (χ0n) is 12.1. The maximum absolute atomic E-state index is 12.0. The van der Waals surface area contributed by atoms with Crippen LogP contribution in [0.15, 0.2) is 60.2 Å². The number of amides is 1. The van der Waals surface area contributed by atoms with E-state index < -0.39 is 10.8 Å². The second-order valence-electron chi connectivity index (χ2n) is 4.69. The molecule has 114 valence electrons. The van der Waals surface area contributed by atoms with Crippen molar-refractivity contribution in [3.05, 3.63) is 81.4 Å². The van der Waals surface area contributed by atoms with Gasteiger partial charge >= 0.3 is 0 Å². The number of hydrogen-bond acceptors (Lipinski definition) is 4. The van der Waals surface area contributed by atoms with Crippen molar-refractivity contribution in [3.63, 3.8) is 0 Å². The van der Waals surface area contributed by atoms with Crippen molar-refractivity contribution in [2.45, 2.75) is 6.54 Å². The Hall–Kier alpha value is -3.46. The first-order chi connectivity index (χ1) is 11.1. The molecule has 0 aliphatic heterocycles. The van der Waals surface area contributed by atoms with Gasteiger partial charge < -0.3 is 5.32 Å². The van der Waals surface area contributed by atoms with Crippen molar-refractivity contribution in [2.24, 2.45) is 0 Å². The molecule has 0 aliphatic carbocycles. The molecule has 1 N–H and O–H groups in total. The first-order valence-corrected chi connectivity index (χ1v) is 6.78. The van der Waals surface area contributed by atoms with Gasteiger partial charge in [0.1, 0.15) is 11.6 Å². The minimum atomic E-state index is -0.529. The highest BCUT2D eigenvalue weighted by molar-refractivity contribution is 6.01. The van der Waals surface area contributed by atoms with E-state index in [0.717, 1.165) is 5.56 Å². The van der Waals surface area contributed by atoms with Crippen molar-refractivity contribution in [1.29, 1.82) is 5.26 Å². The van der Waals surface area contributed by atoms with Gasteiger partial charge in [-0.25, -0.2) is 0 Å². The van der Waals surface area contributed by atoms with Gasteiger partial charge in [0.25, 0.3) is 11.6 Å². The van der Waals surface area contributed by atoms with Crippen LogP contribution in [0.5, 0.6) is 0 Å². The summed E-state index contributed by atoms with van der Waals surface area (Å²) in [5.74, 6) is -0.525. The van der Waals surface area contributed by atoms with E-state index in [4.69, 9.17) is 5.26 Å². The third-order valence-electron chi connectivity index (χ3n) is 3.05. The molecule has 0 radical (unpaired) electrons. The van der Waals surface area contributed by atoms with Gasteiger partial charge in [-0.3, -0.25) is 14.9 Å². The summed E-state index contributed by atoms with van der Waals surface area (Å²) in [6, 6.07) is 16.9. The van der Waals surface area contributed by atoms with E-state index in [0.29, 0.717) is 12.1 Å². The summed E-state index contributed by atoms with van der Waals surface area (Å²) in [7, 11) is 0. The topological polar surface area (TPSA) is 96.0 Å². The predicted molar refractivity (Wildman–Crippen MR) is 85.0 cm³/mol. The molecule has 2 aromatic rings. The first-order valence-electron chi connectivity index (χ1n) is 6.78. The smallest absolute Gasteiger partial charge is 0.270 e. The summed E-state index contributed by atoms with van der Waals surface area (Å²) in [6.45, 7) is 0.299. The van der Waals surface area contributed by atoms with E-state index in [2.05, 4.69) is 5.32 Å². The van der Waals surface area contributed by atoms with Crippen molar-refractivity contribution in [1.82, 2.24) is 5.32 Å². The summed E-state index contributed by atoms with van der Waals surface area (Å²) >= 11 is 0. The molecule has 1 amide bonds. The second-order valence-corrected chi connectivity index (χ2v) is 4.69. The van der Waals surface area contributed by atoms with Crippen LogP contribution in [0.1, 0.15) is 11.1 Å². The number of carbonyl (C=O) groups excluding carboxylic acids is 1. The molecular formula is C17H13N3O3. The number of benzene rings is 2. The molecule has 0 atom stereocenters. The van der Waals surface area contributed by atoms with Crippen molar-refractivity contribution in [2.75, 3.05) is 0 Å². The third-order valence-corrected chi connectivity index (χ3v) is 3.05. The molecule has 0 heterocycles. The minimum absolute atomic E-state index is 0.0965. The predicted octanol–water partition coefficient (Wildman–Crippen LogP) is 2.82. The molecular weight excluding hydrogens is 294 g/mol. The Bertz CT molecular complexity index is 792. The largest absolute Gasteiger partial charge is 0.347 e. The van der Waals surface area contributed by atoms with Gasteiger partial charge in [-0.05, 0) is 17.2 Å². The summed E-state index contributed by atoms with van der Waals surface area (Å²) in [5, 5.41) is 22.5. The number of non-ortho nitro benzene ring substituents is 1. The monoisotopic (exact) mass is 307 g/mol. The Balaban J connectivity index is 2.12. The maximum atomic E-state index is 12.0. The Labute approximate surface area is 132 Å². The van der Waals surface area contributed by atoms with Gasteiger partial charge in [0.15, 0.2) is 0 Å². The SMILES string of the molecule is N#C/C(=C/c1cccc([N+](=O)[O-])c1)C(=O)NCc1ccccc1. The lowest BCUT2D eigenvalue weighted by Gasteiger charge is -2.04. The fraction of sp³-hybridized carbons (Fsp3) is 0.0588. The van der Waals surface area contributed by atoms with E-state index in [9.17, 15) is 14.9 Å². The highest BCUT2D eigenvalue weighted by atomic mass is 16.6. The lowest BCUT2D eigenvalue weighted by molar-refractivity contribution is -0.384. The van der Waals surface area contributed by atoms with Crippen LogP contribution in [0.2, 0.25) is 0 Å². The van der Waals surface area contributed by atoms with E-state index in [1.54, 1.807) is 6.07 Å². The summed E-state index contributed by atoms with van der Waals surface area (Å²) in [4.78, 5) is 22.2. The number of nitrogens with one attached hydrogen (secondary N) is 1. The molecule has 0 aromatic heterocycles. The molecule has 2 aromatic carbocycles. The summed E-state index contributed by atoms with van der Waals surface area (Å²) in [5.41, 5.74) is 1.13. The van der Waals surface area contributed by atoms with Crippen molar-refractivity contribution in [3.8, 4) is 6.07 Å². The number of nitrogens with zero attached hydrogens (tertiary/aromatic N) is 2. The van der Waals surface area contributed by atoms with Crippen LogP contribution in [0.25, 0.3) is 6.08 Å². The van der Waals surface area contributed by atoms with E-state index in [1.165, 1.54) is 24.3 Å². The van der Waals surface area contributed by atoms with Crippen LogP contribution in [0.4, 0.5) is 5.69 Å². The number of carbonyl (C=O) groups is 1. The molecule has 0 aliphatic rings. The van der Waals surface area contributed by atoms with E-state index >= 15 is 0 Å². The number of nitriles is 1. The Kier molecular flexibility index (Phi) is 5.21. The number of nitro groups is 1. The highest BCUT2D eigenvalue weighted by Gasteiger charge is 2.10. The number of rotatable bonds is 5. The lowest BCUT2D eigenvalue weighted by Crippen LogP contribution is -2.23. The standard InChI is InChI=1S/C17H13N3O3/c18-11-15(9-14-7-4-8-16(10-14)20(22)23)17(21)19-12-13-5-2-1-3-6-13/h1-10H,12H2,(H,19,21)/b15-9-. The van der Waals surface area contributed by atoms with E-state index in [-0.39, 0.29) is 11.3 Å². The van der Waals surface area contributed by atoms with Crippen LogP contribution in [-0.2, 0) is 11.3 Å². The Morgan fingerprint density at radius 2 is 1.96 bits per heavy atom. The van der Waals surface area contributed by atoms with E-state index in [1.807, 2.05) is 36.4 Å². The Morgan fingerprint density at radius 3 is 2.61 bits per heavy atom. The van der Waals surface area contributed by atoms with Gasteiger partial charge in [-0.1, -0.05) is 42.5 Å². The lowest BCUT2D eigenvalue weighted by atomic mass is 10.1. The van der Waals surface area contributed by atoms with Crippen molar-refractivity contribution >= 4 is 17.7 Å². The molecule has 0 saturated heterocycles. The van der Waals surface area contributed by atoms with Crippen LogP contribution < -0.4 is 5.32 Å².